The Labute approximate surface area is 126 Å². The van der Waals surface area contributed by atoms with Crippen LogP contribution in [0.3, 0.4) is 0 Å². The van der Waals surface area contributed by atoms with Crippen molar-refractivity contribution in [2.75, 3.05) is 7.11 Å². The standard InChI is InChI=1S/C16H19NO3S/c1-11-9-15(20-4)12(2)13(3)16(11)21(18,19)10-14-5-7-17-8-6-14/h5-9H,10H2,1-4H3/p+1. The van der Waals surface area contributed by atoms with Crippen molar-refractivity contribution in [1.29, 1.82) is 0 Å². The van der Waals surface area contributed by atoms with Gasteiger partial charge in [0.2, 0.25) is 0 Å². The lowest BCUT2D eigenvalue weighted by atomic mass is 10.1. The molecule has 5 heteroatoms. The lowest BCUT2D eigenvalue weighted by Gasteiger charge is -2.15. The predicted molar refractivity (Wildman–Crippen MR) is 84.1 cm³/mol. The Kier molecular flexibility index (Phi) is 4.44. The van der Waals surface area contributed by atoms with Crippen LogP contribution < -0.4 is 4.74 Å². The van der Waals surface area contributed by atoms with E-state index in [-0.39, 0.29) is 5.75 Å². The Balaban J connectivity index is 2.50. The van der Waals surface area contributed by atoms with Gasteiger partial charge in [-0.05, 0) is 44.5 Å². The molecule has 0 amide bonds. The van der Waals surface area contributed by atoms with Crippen LogP contribution in [0.2, 0.25) is 0 Å². The highest BCUT2D eigenvalue weighted by atomic mass is 32.3. The molecule has 4 nitrogen and oxygen atoms in total. The first kappa shape index (κ1) is 15.7. The molecule has 2 rings (SSSR count). The number of rotatable bonds is 4. The zero-order valence-electron chi connectivity index (χ0n) is 12.7. The smallest absolute Gasteiger partial charge is 0.252 e. The lowest BCUT2D eigenvalue weighted by molar-refractivity contribution is 0.410. The summed E-state index contributed by atoms with van der Waals surface area (Å²) in [6, 6.07) is 5.34. The van der Waals surface area contributed by atoms with E-state index in [1.54, 1.807) is 31.6 Å². The minimum Gasteiger partial charge on any atom is -0.496 e. The molecule has 0 aliphatic rings. The Hall–Kier alpha value is -1.72. The van der Waals surface area contributed by atoms with Crippen molar-refractivity contribution < 1.29 is 13.5 Å². The van der Waals surface area contributed by atoms with Crippen LogP contribution in [0.1, 0.15) is 22.3 Å². The third kappa shape index (κ3) is 3.14. The molecule has 0 fully saturated rings. The van der Waals surface area contributed by atoms with Gasteiger partial charge in [-0.15, -0.1) is 0 Å². The third-order valence-electron chi connectivity index (χ3n) is 3.63. The van der Waals surface area contributed by atoms with E-state index in [0.29, 0.717) is 4.90 Å². The first-order chi connectivity index (χ1) is 9.86. The Bertz CT molecular complexity index is 698. The highest BCUT2D eigenvalue weighted by molar-refractivity contribution is 7.97. The third-order valence-corrected chi connectivity index (χ3v) is 5.62. The largest absolute Gasteiger partial charge is 0.496 e. The SMILES string of the molecule is COc1cc(C)c([S+](=O)(O)Cc2ccncc2)c(C)c1C. The van der Waals surface area contributed by atoms with E-state index in [4.69, 9.17) is 4.74 Å². The van der Waals surface area contributed by atoms with Gasteiger partial charge >= 0.3 is 0 Å². The second-order valence-electron chi connectivity index (χ2n) is 5.12. The number of hydrogen-bond acceptors (Lipinski definition) is 3. The Morgan fingerprint density at radius 3 is 2.38 bits per heavy atom. The van der Waals surface area contributed by atoms with E-state index in [2.05, 4.69) is 4.98 Å². The van der Waals surface area contributed by atoms with Gasteiger partial charge in [0.15, 0.2) is 10.6 Å². The predicted octanol–water partition coefficient (Wildman–Crippen LogP) is 3.55. The van der Waals surface area contributed by atoms with Gasteiger partial charge in [-0.2, -0.15) is 4.55 Å². The van der Waals surface area contributed by atoms with Crippen LogP contribution >= 0.6 is 0 Å². The van der Waals surface area contributed by atoms with Crippen LogP contribution in [0, 0.1) is 20.8 Å². The maximum Gasteiger partial charge on any atom is 0.252 e. The molecule has 1 aromatic heterocycles. The Morgan fingerprint density at radius 2 is 1.81 bits per heavy atom. The van der Waals surface area contributed by atoms with Gasteiger partial charge in [-0.3, -0.25) is 4.98 Å². The summed E-state index contributed by atoms with van der Waals surface area (Å²) in [6.07, 6.45) is 3.26. The molecule has 0 saturated heterocycles. The molecular weight excluding hydrogens is 286 g/mol. The fourth-order valence-electron chi connectivity index (χ4n) is 2.50. The van der Waals surface area contributed by atoms with Crippen molar-refractivity contribution in [3.63, 3.8) is 0 Å². The van der Waals surface area contributed by atoms with E-state index >= 15 is 0 Å². The minimum atomic E-state index is -3.16. The van der Waals surface area contributed by atoms with Crippen molar-refractivity contribution in [2.45, 2.75) is 31.4 Å². The van der Waals surface area contributed by atoms with Crippen molar-refractivity contribution in [3.8, 4) is 5.75 Å². The molecule has 1 N–H and O–H groups in total. The summed E-state index contributed by atoms with van der Waals surface area (Å²) in [7, 11) is -1.55. The zero-order valence-corrected chi connectivity index (χ0v) is 13.5. The second kappa shape index (κ2) is 5.95. The average Bonchev–Trinajstić information content (AvgIpc) is 2.43. The summed E-state index contributed by atoms with van der Waals surface area (Å²) in [5.41, 5.74) is 3.28. The molecule has 0 saturated carbocycles. The molecule has 1 atom stereocenters. The van der Waals surface area contributed by atoms with Crippen molar-refractivity contribution in [2.24, 2.45) is 0 Å². The number of aromatic nitrogens is 1. The van der Waals surface area contributed by atoms with Crippen LogP contribution in [-0.2, 0) is 20.2 Å². The quantitative estimate of drug-likeness (QED) is 0.878. The normalized spacial score (nSPS) is 13.8. The second-order valence-corrected chi connectivity index (χ2v) is 7.09. The van der Waals surface area contributed by atoms with Gasteiger partial charge in [0.05, 0.1) is 7.11 Å². The number of aryl methyl sites for hydroxylation is 1. The first-order valence-electron chi connectivity index (χ1n) is 6.65. The average molecular weight is 306 g/mol. The van der Waals surface area contributed by atoms with E-state index in [1.165, 1.54) is 0 Å². The van der Waals surface area contributed by atoms with Crippen molar-refractivity contribution in [3.05, 3.63) is 52.8 Å². The summed E-state index contributed by atoms with van der Waals surface area (Å²) in [5, 5.41) is 0. The number of benzene rings is 1. The number of pyridine rings is 1. The number of hydrogen-bond donors (Lipinski definition) is 1. The molecule has 1 unspecified atom stereocenters. The van der Waals surface area contributed by atoms with Crippen LogP contribution in [0.4, 0.5) is 0 Å². The topological polar surface area (TPSA) is 59.4 Å². The Morgan fingerprint density at radius 1 is 1.19 bits per heavy atom. The molecule has 0 radical (unpaired) electrons. The van der Waals surface area contributed by atoms with Crippen molar-refractivity contribution >= 4 is 10.2 Å². The van der Waals surface area contributed by atoms with Gasteiger partial charge in [0.25, 0.3) is 10.2 Å². The molecule has 0 aliphatic carbocycles. The summed E-state index contributed by atoms with van der Waals surface area (Å²) < 4.78 is 28.7. The van der Waals surface area contributed by atoms with Crippen LogP contribution in [0.15, 0.2) is 35.5 Å². The maximum atomic E-state index is 12.8. The highest BCUT2D eigenvalue weighted by Crippen LogP contribution is 2.34. The van der Waals surface area contributed by atoms with Gasteiger partial charge in [0.1, 0.15) is 5.75 Å². The van der Waals surface area contributed by atoms with E-state index in [1.807, 2.05) is 26.8 Å². The number of ether oxygens (including phenoxy) is 1. The van der Waals surface area contributed by atoms with Crippen LogP contribution in [-0.4, -0.2) is 16.6 Å². The van der Waals surface area contributed by atoms with Gasteiger partial charge in [-0.1, -0.05) is 4.21 Å². The summed E-state index contributed by atoms with van der Waals surface area (Å²) in [5.74, 6) is 0.830. The molecule has 1 heterocycles. The molecule has 0 aliphatic heterocycles. The van der Waals surface area contributed by atoms with Crippen LogP contribution in [0.5, 0.6) is 5.75 Å². The molecule has 0 bridgehead atoms. The van der Waals surface area contributed by atoms with E-state index in [0.717, 1.165) is 28.0 Å². The van der Waals surface area contributed by atoms with E-state index < -0.39 is 10.2 Å². The minimum absolute atomic E-state index is 0.0863. The molecule has 2 aromatic rings. The summed E-state index contributed by atoms with van der Waals surface area (Å²) in [6.45, 7) is 5.61. The fraction of sp³-hybridized carbons (Fsp3) is 0.312. The molecule has 112 valence electrons. The molecule has 1 aromatic carbocycles. The molecule has 21 heavy (non-hydrogen) atoms. The van der Waals surface area contributed by atoms with Gasteiger partial charge in [0, 0.05) is 29.1 Å². The van der Waals surface area contributed by atoms with Crippen molar-refractivity contribution in [1.82, 2.24) is 4.98 Å². The first-order valence-corrected chi connectivity index (χ1v) is 8.33. The number of nitrogens with zero attached hydrogens (tertiary/aromatic N) is 1. The highest BCUT2D eigenvalue weighted by Gasteiger charge is 2.35. The maximum absolute atomic E-state index is 12.8. The summed E-state index contributed by atoms with van der Waals surface area (Å²) >= 11 is 0. The molecular formula is C16H20NO3S+. The fourth-order valence-corrected chi connectivity index (χ4v) is 4.48. The zero-order chi connectivity index (χ0) is 15.6. The lowest BCUT2D eigenvalue weighted by Crippen LogP contribution is -2.17. The molecule has 0 spiro atoms. The summed E-state index contributed by atoms with van der Waals surface area (Å²) in [4.78, 5) is 4.44. The van der Waals surface area contributed by atoms with Gasteiger partial charge in [-0.25, -0.2) is 0 Å². The number of methoxy groups -OCH3 is 1. The van der Waals surface area contributed by atoms with Crippen LogP contribution in [0.25, 0.3) is 0 Å². The van der Waals surface area contributed by atoms with E-state index in [9.17, 15) is 8.76 Å². The van der Waals surface area contributed by atoms with Gasteiger partial charge < -0.3 is 4.74 Å². The monoisotopic (exact) mass is 306 g/mol.